The topological polar surface area (TPSA) is 112 Å². The van der Waals surface area contributed by atoms with Crippen molar-refractivity contribution in [3.05, 3.63) is 62.1 Å². The van der Waals surface area contributed by atoms with Crippen LogP contribution in [0, 0.1) is 13.8 Å². The number of sulfonamides is 1. The predicted octanol–water partition coefficient (Wildman–Crippen LogP) is 4.12. The molecule has 1 saturated carbocycles. The Morgan fingerprint density at radius 2 is 1.97 bits per heavy atom. The average Bonchev–Trinajstić information content (AvgIpc) is 3.50. The van der Waals surface area contributed by atoms with E-state index in [1.165, 1.54) is 12.1 Å². The Hall–Kier alpha value is -2.42. The van der Waals surface area contributed by atoms with Crippen molar-refractivity contribution in [2.45, 2.75) is 50.7 Å². The van der Waals surface area contributed by atoms with Gasteiger partial charge in [0, 0.05) is 17.0 Å². The summed E-state index contributed by atoms with van der Waals surface area (Å²) >= 11 is 5.82. The number of primary sulfonamides is 1. The third-order valence-corrected chi connectivity index (χ3v) is 6.22. The van der Waals surface area contributed by atoms with E-state index in [0.717, 1.165) is 18.4 Å². The normalized spacial score (nSPS) is 15.4. The Kier molecular flexibility index (Phi) is 5.12. The monoisotopic (exact) mass is 448 g/mol. The second kappa shape index (κ2) is 7.37. The van der Waals surface area contributed by atoms with Gasteiger partial charge >= 0.3 is 0 Å². The minimum atomic E-state index is -4.15. The van der Waals surface area contributed by atoms with Crippen LogP contribution < -0.4 is 15.3 Å². The fourth-order valence-electron chi connectivity index (χ4n) is 3.57. The largest absolute Gasteiger partial charge is 0.483 e. The van der Waals surface area contributed by atoms with Gasteiger partial charge in [0.15, 0.2) is 11.2 Å². The quantitative estimate of drug-likeness (QED) is 0.587. The number of nitrogens with two attached hydrogens (primary N) is 1. The second-order valence-electron chi connectivity index (χ2n) is 7.67. The van der Waals surface area contributed by atoms with Gasteiger partial charge in [-0.2, -0.15) is 0 Å². The van der Waals surface area contributed by atoms with Crippen LogP contribution in [-0.2, 0) is 10.0 Å². The number of benzene rings is 1. The average molecular weight is 449 g/mol. The summed E-state index contributed by atoms with van der Waals surface area (Å²) < 4.78 is 36.0. The van der Waals surface area contributed by atoms with Crippen molar-refractivity contribution in [1.29, 1.82) is 0 Å². The highest BCUT2D eigenvalue weighted by Gasteiger charge is 2.30. The van der Waals surface area contributed by atoms with Crippen LogP contribution in [0.4, 0.5) is 0 Å². The van der Waals surface area contributed by atoms with E-state index < -0.39 is 21.2 Å². The molecule has 158 valence electrons. The molecule has 9 heteroatoms. The molecule has 0 bridgehead atoms. The Bertz CT molecular complexity index is 1330. The van der Waals surface area contributed by atoms with Crippen LogP contribution in [0.2, 0.25) is 5.15 Å². The molecular weight excluding hydrogens is 428 g/mol. The number of aromatic nitrogens is 1. The first-order valence-corrected chi connectivity index (χ1v) is 11.4. The first-order chi connectivity index (χ1) is 14.1. The molecule has 0 amide bonds. The van der Waals surface area contributed by atoms with Gasteiger partial charge in [-0.25, -0.2) is 18.5 Å². The highest BCUT2D eigenvalue weighted by atomic mass is 35.5. The number of halogens is 1. The Balaban J connectivity index is 1.85. The van der Waals surface area contributed by atoms with E-state index in [1.54, 1.807) is 19.9 Å². The zero-order valence-electron chi connectivity index (χ0n) is 16.7. The van der Waals surface area contributed by atoms with Gasteiger partial charge < -0.3 is 9.15 Å². The number of rotatable bonds is 5. The molecule has 3 aromatic rings. The van der Waals surface area contributed by atoms with E-state index in [-0.39, 0.29) is 22.2 Å². The first kappa shape index (κ1) is 20.8. The zero-order valence-corrected chi connectivity index (χ0v) is 18.3. The van der Waals surface area contributed by atoms with Gasteiger partial charge in [-0.1, -0.05) is 11.6 Å². The molecule has 4 rings (SSSR count). The van der Waals surface area contributed by atoms with Crippen LogP contribution in [0.1, 0.15) is 54.2 Å². The van der Waals surface area contributed by atoms with Gasteiger partial charge in [0.25, 0.3) is 10.0 Å². The summed E-state index contributed by atoms with van der Waals surface area (Å²) in [4.78, 5) is 16.8. The SMILES string of the molecule is Cc1cc(C(C)Oc2ccc(Cl)nc2S(N)(=O)=O)c2oc(C3CC3)c(C)c(=O)c2c1. The fourth-order valence-corrected chi connectivity index (χ4v) is 4.39. The third kappa shape index (κ3) is 3.82. The summed E-state index contributed by atoms with van der Waals surface area (Å²) in [6.45, 7) is 5.41. The van der Waals surface area contributed by atoms with Crippen LogP contribution in [0.15, 0.2) is 38.5 Å². The van der Waals surface area contributed by atoms with E-state index >= 15 is 0 Å². The standard InChI is InChI=1S/C21H21ClN2O5S/c1-10-8-14(12(3)28-16-6-7-17(22)24-21(16)30(23,26)27)20-15(9-10)18(25)11(2)19(29-20)13-4-5-13/h6-9,12-13H,4-5H2,1-3H3,(H2,23,26,27). The van der Waals surface area contributed by atoms with E-state index in [0.29, 0.717) is 27.9 Å². The van der Waals surface area contributed by atoms with Crippen molar-refractivity contribution in [1.82, 2.24) is 4.98 Å². The summed E-state index contributed by atoms with van der Waals surface area (Å²) in [5.74, 6) is 0.950. The van der Waals surface area contributed by atoms with Crippen molar-refractivity contribution < 1.29 is 17.6 Å². The maximum absolute atomic E-state index is 13.0. The van der Waals surface area contributed by atoms with Crippen LogP contribution >= 0.6 is 11.6 Å². The number of hydrogen-bond donors (Lipinski definition) is 1. The van der Waals surface area contributed by atoms with Gasteiger partial charge in [0.2, 0.25) is 5.03 Å². The summed E-state index contributed by atoms with van der Waals surface area (Å²) in [6.07, 6.45) is 1.35. The van der Waals surface area contributed by atoms with E-state index in [9.17, 15) is 13.2 Å². The lowest BCUT2D eigenvalue weighted by molar-refractivity contribution is 0.218. The number of aryl methyl sites for hydroxylation is 1. The molecule has 7 nitrogen and oxygen atoms in total. The molecular formula is C21H21ClN2O5S. The van der Waals surface area contributed by atoms with Crippen LogP contribution in [0.3, 0.4) is 0 Å². The highest BCUT2D eigenvalue weighted by Crippen LogP contribution is 2.42. The molecule has 1 unspecified atom stereocenters. The Morgan fingerprint density at radius 3 is 2.60 bits per heavy atom. The Morgan fingerprint density at radius 1 is 1.27 bits per heavy atom. The molecule has 1 fully saturated rings. The molecule has 30 heavy (non-hydrogen) atoms. The van der Waals surface area contributed by atoms with Crippen molar-refractivity contribution >= 4 is 32.6 Å². The number of hydrogen-bond acceptors (Lipinski definition) is 6. The number of nitrogens with zero attached hydrogens (tertiary/aromatic N) is 1. The van der Waals surface area contributed by atoms with E-state index in [2.05, 4.69) is 4.98 Å². The van der Waals surface area contributed by atoms with Gasteiger partial charge in [0.1, 0.15) is 22.6 Å². The summed E-state index contributed by atoms with van der Waals surface area (Å²) in [5, 5.41) is 5.27. The molecule has 1 atom stereocenters. The van der Waals surface area contributed by atoms with Crippen LogP contribution in [0.5, 0.6) is 5.75 Å². The molecule has 2 aromatic heterocycles. The van der Waals surface area contributed by atoms with Gasteiger partial charge in [-0.3, -0.25) is 4.79 Å². The Labute approximate surface area is 178 Å². The van der Waals surface area contributed by atoms with Gasteiger partial charge in [0.05, 0.1) is 5.39 Å². The van der Waals surface area contributed by atoms with E-state index in [1.807, 2.05) is 13.0 Å². The van der Waals surface area contributed by atoms with Crippen molar-refractivity contribution in [3.8, 4) is 5.75 Å². The first-order valence-electron chi connectivity index (χ1n) is 9.50. The van der Waals surface area contributed by atoms with Gasteiger partial charge in [-0.15, -0.1) is 0 Å². The van der Waals surface area contributed by atoms with E-state index in [4.69, 9.17) is 25.9 Å². The second-order valence-corrected chi connectivity index (χ2v) is 9.53. The van der Waals surface area contributed by atoms with Gasteiger partial charge in [-0.05, 0) is 63.4 Å². The molecule has 2 heterocycles. The lowest BCUT2D eigenvalue weighted by Crippen LogP contribution is -2.17. The highest BCUT2D eigenvalue weighted by molar-refractivity contribution is 7.89. The predicted molar refractivity (Wildman–Crippen MR) is 114 cm³/mol. The summed E-state index contributed by atoms with van der Waals surface area (Å²) in [6, 6.07) is 6.48. The molecule has 0 saturated heterocycles. The molecule has 0 radical (unpaired) electrons. The maximum Gasteiger partial charge on any atom is 0.259 e. The zero-order chi connectivity index (χ0) is 21.8. The molecule has 1 aromatic carbocycles. The van der Waals surface area contributed by atoms with Crippen LogP contribution in [0.25, 0.3) is 11.0 Å². The minimum absolute atomic E-state index is 0.0180. The maximum atomic E-state index is 13.0. The molecule has 0 spiro atoms. The third-order valence-electron chi connectivity index (χ3n) is 5.18. The van der Waals surface area contributed by atoms with Crippen molar-refractivity contribution in [2.24, 2.45) is 5.14 Å². The molecule has 1 aliphatic rings. The molecule has 1 aliphatic carbocycles. The fraction of sp³-hybridized carbons (Fsp3) is 0.333. The van der Waals surface area contributed by atoms with Crippen molar-refractivity contribution in [2.75, 3.05) is 0 Å². The number of ether oxygens (including phenoxy) is 1. The lowest BCUT2D eigenvalue weighted by atomic mass is 10.0. The smallest absolute Gasteiger partial charge is 0.259 e. The van der Waals surface area contributed by atoms with Crippen molar-refractivity contribution in [3.63, 3.8) is 0 Å². The molecule has 2 N–H and O–H groups in total. The molecule has 0 aliphatic heterocycles. The lowest BCUT2D eigenvalue weighted by Gasteiger charge is -2.19. The number of pyridine rings is 1. The summed E-state index contributed by atoms with van der Waals surface area (Å²) in [5.41, 5.74) is 2.52. The minimum Gasteiger partial charge on any atom is -0.483 e. The summed E-state index contributed by atoms with van der Waals surface area (Å²) in [7, 11) is -4.15. The number of fused-ring (bicyclic) bond motifs is 1. The van der Waals surface area contributed by atoms with Crippen LogP contribution in [-0.4, -0.2) is 13.4 Å².